The van der Waals surface area contributed by atoms with E-state index in [0.717, 1.165) is 0 Å². The number of alkyl halides is 12. The van der Waals surface area contributed by atoms with Gasteiger partial charge in [0, 0.05) is 38.9 Å². The highest BCUT2D eigenvalue weighted by molar-refractivity contribution is 6.12. The van der Waals surface area contributed by atoms with Crippen LogP contribution >= 0.6 is 0 Å². The van der Waals surface area contributed by atoms with E-state index >= 15 is 0 Å². The topological polar surface area (TPSA) is 46.5 Å². The van der Waals surface area contributed by atoms with Crippen molar-refractivity contribution in [1.29, 1.82) is 5.26 Å². The maximum absolute atomic E-state index is 13.9. The van der Waals surface area contributed by atoms with Crippen LogP contribution in [0.5, 0.6) is 0 Å². The zero-order chi connectivity index (χ0) is 48.1. The van der Waals surface area contributed by atoms with Crippen molar-refractivity contribution >= 4 is 43.6 Å². The fraction of sp³-hybridized carbons (Fsp3) is 0.0769. The minimum atomic E-state index is -5.06. The fourth-order valence-corrected chi connectivity index (χ4v) is 8.88. The second-order valence-corrected chi connectivity index (χ2v) is 16.0. The highest BCUT2D eigenvalue weighted by Crippen LogP contribution is 2.45. The highest BCUT2D eigenvalue weighted by atomic mass is 19.4. The molecule has 0 bridgehead atoms. The van der Waals surface area contributed by atoms with Crippen LogP contribution in [0.2, 0.25) is 0 Å². The lowest BCUT2D eigenvalue weighted by atomic mass is 9.97. The summed E-state index contributed by atoms with van der Waals surface area (Å²) < 4.78 is 171. The minimum Gasteiger partial charge on any atom is -0.309 e. The maximum atomic E-state index is 13.9. The van der Waals surface area contributed by atoms with Gasteiger partial charge in [-0.05, 0) is 119 Å². The van der Waals surface area contributed by atoms with Gasteiger partial charge in [0.1, 0.15) is 0 Å². The molecule has 0 aliphatic heterocycles. The van der Waals surface area contributed by atoms with Gasteiger partial charge in [0.15, 0.2) is 0 Å². The normalized spacial score (nSPS) is 12.7. The van der Waals surface area contributed by atoms with Gasteiger partial charge < -0.3 is 9.13 Å². The lowest BCUT2D eigenvalue weighted by Crippen LogP contribution is -2.11. The van der Waals surface area contributed by atoms with Crippen LogP contribution in [0.1, 0.15) is 27.8 Å². The number of hydrogen-bond acceptors (Lipinski definition) is 2. The molecule has 4 nitrogen and oxygen atoms in total. The fourth-order valence-electron chi connectivity index (χ4n) is 8.88. The molecule has 0 atom stereocenters. The van der Waals surface area contributed by atoms with Crippen LogP contribution < -0.4 is 0 Å². The number of rotatable bonds is 5. The molecule has 0 radical (unpaired) electrons. The lowest BCUT2D eigenvalue weighted by Gasteiger charge is -2.18. The second kappa shape index (κ2) is 15.5. The van der Waals surface area contributed by atoms with Gasteiger partial charge >= 0.3 is 24.7 Å². The van der Waals surface area contributed by atoms with Crippen LogP contribution in [0.4, 0.5) is 52.7 Å². The van der Waals surface area contributed by atoms with E-state index in [2.05, 4.69) is 11.1 Å². The summed E-state index contributed by atoms with van der Waals surface area (Å²) in [5, 5.41) is 12.4. The Morgan fingerprint density at radius 1 is 0.382 bits per heavy atom. The van der Waals surface area contributed by atoms with Crippen LogP contribution in [0.3, 0.4) is 0 Å². The van der Waals surface area contributed by atoms with E-state index in [1.165, 1.54) is 30.5 Å². The summed E-state index contributed by atoms with van der Waals surface area (Å²) in [6.07, 6.45) is -17.1. The van der Waals surface area contributed by atoms with Crippen LogP contribution in [0, 0.1) is 11.3 Å². The maximum Gasteiger partial charge on any atom is 0.416 e. The van der Waals surface area contributed by atoms with Crippen molar-refractivity contribution in [1.82, 2.24) is 14.1 Å². The summed E-state index contributed by atoms with van der Waals surface area (Å²) in [4.78, 5) is 4.44. The monoisotopic (exact) mass is 934 g/mol. The van der Waals surface area contributed by atoms with Crippen molar-refractivity contribution in [3.05, 3.63) is 186 Å². The van der Waals surface area contributed by atoms with Gasteiger partial charge in [-0.15, -0.1) is 0 Å². The van der Waals surface area contributed by atoms with Gasteiger partial charge in [-0.3, -0.25) is 4.98 Å². The average molecular weight is 935 g/mol. The molecule has 0 amide bonds. The summed E-state index contributed by atoms with van der Waals surface area (Å²) in [5.74, 6) is 0. The SMILES string of the molecule is N#Cc1ccc(-n2c3ccccc3c3cc(-c4cc(C(F)(F)F)cc(C(F)(F)F)c4)ccc32)c(-c2ccncc2-n2c3ccccc3c3cc(-c4cc(C(F)(F)F)cc(C(F)(F)F)c4)ccc32)c1. The molecule has 68 heavy (non-hydrogen) atoms. The van der Waals surface area contributed by atoms with E-state index in [-0.39, 0.29) is 39.9 Å². The molecule has 10 aromatic rings. The number of nitrogens with zero attached hydrogens (tertiary/aromatic N) is 4. The van der Waals surface area contributed by atoms with Crippen molar-refractivity contribution in [3.63, 3.8) is 0 Å². The smallest absolute Gasteiger partial charge is 0.309 e. The third kappa shape index (κ3) is 7.53. The zero-order valence-electron chi connectivity index (χ0n) is 34.3. The van der Waals surface area contributed by atoms with Crippen LogP contribution in [0.15, 0.2) is 158 Å². The van der Waals surface area contributed by atoms with E-state index in [9.17, 15) is 57.9 Å². The molecule has 7 aromatic carbocycles. The van der Waals surface area contributed by atoms with Gasteiger partial charge in [-0.1, -0.05) is 48.5 Å². The first-order valence-electron chi connectivity index (χ1n) is 20.3. The van der Waals surface area contributed by atoms with Gasteiger partial charge in [0.2, 0.25) is 0 Å². The Balaban J connectivity index is 1.18. The van der Waals surface area contributed by atoms with Gasteiger partial charge in [0.25, 0.3) is 0 Å². The summed E-state index contributed by atoms with van der Waals surface area (Å²) >= 11 is 0. The summed E-state index contributed by atoms with van der Waals surface area (Å²) in [7, 11) is 0. The number of nitriles is 1. The first kappa shape index (κ1) is 43.8. The third-order valence-corrected chi connectivity index (χ3v) is 11.9. The van der Waals surface area contributed by atoms with Gasteiger partial charge in [-0.25, -0.2) is 0 Å². The molecule has 0 spiro atoms. The second-order valence-electron chi connectivity index (χ2n) is 16.0. The van der Waals surface area contributed by atoms with E-state index in [1.54, 1.807) is 91.1 Å². The van der Waals surface area contributed by atoms with E-state index in [4.69, 9.17) is 0 Å². The molecule has 0 aliphatic rings. The average Bonchev–Trinajstić information content (AvgIpc) is 3.82. The lowest BCUT2D eigenvalue weighted by molar-refractivity contribution is -0.144. The third-order valence-electron chi connectivity index (χ3n) is 11.9. The standard InChI is InChI=1S/C52H26F12N4/c53-49(54,55)33-18-31(19-34(24-33)50(56,57)58)29-10-13-46-41(22-29)37-5-1-3-7-43(37)67(46)45-12-9-28(26-65)17-40(45)39-15-16-66-27-48(39)68-44-8-4-2-6-38(44)42-23-30(11-14-47(42)68)32-20-35(51(59,60)61)25-36(21-32)52(62,63)64/h1-25,27H. The molecule has 0 saturated carbocycles. The quantitative estimate of drug-likeness (QED) is 0.161. The van der Waals surface area contributed by atoms with Crippen molar-refractivity contribution in [2.75, 3.05) is 0 Å². The Labute approximate surface area is 376 Å². The number of benzene rings is 7. The number of fused-ring (bicyclic) bond motifs is 6. The highest BCUT2D eigenvalue weighted by Gasteiger charge is 2.38. The molecular formula is C52H26F12N4. The Bertz CT molecular complexity index is 3650. The van der Waals surface area contributed by atoms with Crippen molar-refractivity contribution in [2.24, 2.45) is 0 Å². The molecule has 0 N–H and O–H groups in total. The molecule has 338 valence electrons. The molecule has 3 heterocycles. The molecular weight excluding hydrogens is 909 g/mol. The molecule has 0 fully saturated rings. The Kier molecular flexibility index (Phi) is 9.99. The Morgan fingerprint density at radius 2 is 0.809 bits per heavy atom. The summed E-state index contributed by atoms with van der Waals surface area (Å²) in [5.41, 5.74) is -1.76. The predicted molar refractivity (Wildman–Crippen MR) is 234 cm³/mol. The number of hydrogen-bond donors (Lipinski definition) is 0. The molecule has 0 saturated heterocycles. The first-order valence-corrected chi connectivity index (χ1v) is 20.3. The van der Waals surface area contributed by atoms with Crippen molar-refractivity contribution < 1.29 is 52.7 Å². The summed E-state index contributed by atoms with van der Waals surface area (Å²) in [6, 6.07) is 34.9. The van der Waals surface area contributed by atoms with E-state index < -0.39 is 47.0 Å². The van der Waals surface area contributed by atoms with Crippen LogP contribution in [0.25, 0.3) is 88.4 Å². The summed E-state index contributed by atoms with van der Waals surface area (Å²) in [6.45, 7) is 0. The zero-order valence-corrected chi connectivity index (χ0v) is 34.3. The molecule has 16 heteroatoms. The van der Waals surface area contributed by atoms with Crippen molar-refractivity contribution in [3.8, 4) is 50.8 Å². The molecule has 0 aliphatic carbocycles. The predicted octanol–water partition coefficient (Wildman–Crippen LogP) is 16.2. The molecule has 0 unspecified atom stereocenters. The van der Waals surface area contributed by atoms with E-state index in [0.29, 0.717) is 90.4 Å². The number of para-hydroxylation sites is 2. The van der Waals surface area contributed by atoms with Crippen LogP contribution in [-0.2, 0) is 24.7 Å². The van der Waals surface area contributed by atoms with Gasteiger partial charge in [0.05, 0.1) is 73.5 Å². The minimum absolute atomic E-state index is 0.0702. The molecule has 10 rings (SSSR count). The number of aromatic nitrogens is 3. The Morgan fingerprint density at radius 3 is 1.25 bits per heavy atom. The number of pyridine rings is 1. The van der Waals surface area contributed by atoms with E-state index in [1.807, 2.05) is 9.13 Å². The molecule has 3 aromatic heterocycles. The van der Waals surface area contributed by atoms with Crippen LogP contribution in [-0.4, -0.2) is 14.1 Å². The van der Waals surface area contributed by atoms with Crippen molar-refractivity contribution in [2.45, 2.75) is 24.7 Å². The first-order chi connectivity index (χ1) is 32.2. The Hall–Kier alpha value is -8.06. The number of halogens is 12. The largest absolute Gasteiger partial charge is 0.416 e. The van der Waals surface area contributed by atoms with Gasteiger partial charge in [-0.2, -0.15) is 57.9 Å².